The number of hydrogen-bond acceptors (Lipinski definition) is 7. The molecule has 1 amide bonds. The molecule has 0 spiro atoms. The van der Waals surface area contributed by atoms with Gasteiger partial charge in [0.05, 0.1) is 16.6 Å². The molecule has 3 aromatic rings. The Morgan fingerprint density at radius 2 is 2.15 bits per heavy atom. The van der Waals surface area contributed by atoms with Gasteiger partial charge in [-0.1, -0.05) is 41.9 Å². The van der Waals surface area contributed by atoms with E-state index in [0.717, 1.165) is 38.9 Å². The smallest absolute Gasteiger partial charge is 0.264 e. The van der Waals surface area contributed by atoms with Gasteiger partial charge in [0, 0.05) is 53.8 Å². The summed E-state index contributed by atoms with van der Waals surface area (Å²) in [6.45, 7) is 1.23. The number of fused-ring (bicyclic) bond motifs is 1. The quantitative estimate of drug-likeness (QED) is 0.369. The van der Waals surface area contributed by atoms with Crippen molar-refractivity contribution in [2.75, 3.05) is 13.1 Å². The van der Waals surface area contributed by atoms with Crippen molar-refractivity contribution in [2.24, 2.45) is 15.8 Å². The molecular formula is C25H23ClN6OS. The van der Waals surface area contributed by atoms with E-state index in [1.54, 1.807) is 18.6 Å². The number of aromatic nitrogens is 1. The number of pyridine rings is 1. The predicted octanol–water partition coefficient (Wildman–Crippen LogP) is 4.75. The Morgan fingerprint density at radius 3 is 2.91 bits per heavy atom. The van der Waals surface area contributed by atoms with Crippen LogP contribution in [0.1, 0.15) is 21.7 Å². The Bertz CT molecular complexity index is 1310. The number of nitrogens with two attached hydrogens (primary N) is 1. The number of thiophene rings is 1. The van der Waals surface area contributed by atoms with Gasteiger partial charge < -0.3 is 10.6 Å². The zero-order valence-electron chi connectivity index (χ0n) is 18.3. The lowest BCUT2D eigenvalue weighted by Gasteiger charge is -2.24. The number of carbonyl (C=O) groups excluding carboxylic acids is 1. The van der Waals surface area contributed by atoms with Gasteiger partial charge in [-0.15, -0.1) is 11.3 Å². The number of benzene rings is 1. The molecule has 0 aliphatic carbocycles. The van der Waals surface area contributed by atoms with Crippen LogP contribution in [0.25, 0.3) is 16.5 Å². The number of hydrogen-bond donors (Lipinski definition) is 2. The van der Waals surface area contributed by atoms with Crippen LogP contribution in [0.2, 0.25) is 0 Å². The largest absolute Gasteiger partial charge is 0.383 e. The average molecular weight is 491 g/mol. The number of nitrogens with zero attached hydrogens (tertiary/aromatic N) is 4. The number of halogens is 1. The first-order valence-corrected chi connectivity index (χ1v) is 11.9. The lowest BCUT2D eigenvalue weighted by Crippen LogP contribution is -2.34. The number of allylic oxidation sites excluding steroid dienone is 1. The highest BCUT2D eigenvalue weighted by Crippen LogP contribution is 2.19. The molecular weight excluding hydrogens is 468 g/mol. The fraction of sp³-hybridized carbons (Fsp3) is 0.120. The first kappa shape index (κ1) is 23.4. The van der Waals surface area contributed by atoms with Gasteiger partial charge in [-0.25, -0.2) is 0 Å². The fourth-order valence-electron chi connectivity index (χ4n) is 3.37. The number of para-hydroxylation sites is 1. The summed E-state index contributed by atoms with van der Waals surface area (Å²) in [5.41, 5.74) is 13.1. The van der Waals surface area contributed by atoms with Crippen LogP contribution in [0.3, 0.4) is 0 Å². The minimum atomic E-state index is 0.0715. The van der Waals surface area contributed by atoms with E-state index < -0.39 is 0 Å². The Kier molecular flexibility index (Phi) is 7.85. The van der Waals surface area contributed by atoms with Gasteiger partial charge in [0.2, 0.25) is 0 Å². The first-order chi connectivity index (χ1) is 16.6. The Morgan fingerprint density at radius 1 is 1.26 bits per heavy atom. The van der Waals surface area contributed by atoms with E-state index in [-0.39, 0.29) is 11.7 Å². The second-order valence-corrected chi connectivity index (χ2v) is 8.64. The molecule has 3 N–H and O–H groups in total. The monoisotopic (exact) mass is 490 g/mol. The molecule has 9 heteroatoms. The third-order valence-corrected chi connectivity index (χ3v) is 6.25. The van der Waals surface area contributed by atoms with E-state index in [9.17, 15) is 4.79 Å². The van der Waals surface area contributed by atoms with Crippen molar-refractivity contribution in [3.63, 3.8) is 0 Å². The molecule has 2 aromatic heterocycles. The summed E-state index contributed by atoms with van der Waals surface area (Å²) >= 11 is 7.04. The maximum Gasteiger partial charge on any atom is 0.264 e. The highest BCUT2D eigenvalue weighted by atomic mass is 35.5. The van der Waals surface area contributed by atoms with Gasteiger partial charge >= 0.3 is 0 Å². The predicted molar refractivity (Wildman–Crippen MR) is 141 cm³/mol. The maximum absolute atomic E-state index is 12.5. The van der Waals surface area contributed by atoms with E-state index in [1.807, 2.05) is 65.0 Å². The zero-order valence-corrected chi connectivity index (χ0v) is 19.8. The van der Waals surface area contributed by atoms with Crippen molar-refractivity contribution in [3.05, 3.63) is 93.7 Å². The summed E-state index contributed by atoms with van der Waals surface area (Å²) < 4.78 is 0. The SMILES string of the molecule is N/C(=C\Cl)N/N=C\C(=C\N=CC1=CCN(C(=O)c2cccs2)CC1)c1cnc2ccccc2c1. The molecule has 0 fully saturated rings. The molecule has 7 nitrogen and oxygen atoms in total. The van der Waals surface area contributed by atoms with Crippen molar-refractivity contribution in [3.8, 4) is 0 Å². The lowest BCUT2D eigenvalue weighted by atomic mass is 10.1. The number of hydrazone groups is 1. The Balaban J connectivity index is 1.51. The minimum Gasteiger partial charge on any atom is -0.383 e. The third-order valence-electron chi connectivity index (χ3n) is 5.16. The van der Waals surface area contributed by atoms with E-state index in [4.69, 9.17) is 17.3 Å². The van der Waals surface area contributed by atoms with Gasteiger partial charge in [-0.2, -0.15) is 5.10 Å². The van der Waals surface area contributed by atoms with E-state index in [2.05, 4.69) is 20.5 Å². The number of nitrogens with one attached hydrogen (secondary N) is 1. The standard InChI is InChI=1S/C25H23ClN6OS/c26-13-24(27)31-30-17-21(20-12-19-4-1-2-5-22(19)29-16-20)15-28-14-18-7-9-32(10-8-18)25(33)23-6-3-11-34-23/h1-7,11-17,31H,8-10,27H2/b21-15-,24-13+,28-14?,30-17-. The molecule has 0 bridgehead atoms. The summed E-state index contributed by atoms with van der Waals surface area (Å²) in [7, 11) is 0. The van der Waals surface area contributed by atoms with Crippen molar-refractivity contribution in [1.29, 1.82) is 0 Å². The fourth-order valence-corrected chi connectivity index (χ4v) is 4.11. The molecule has 1 aliphatic heterocycles. The molecule has 0 radical (unpaired) electrons. The number of amides is 1. The van der Waals surface area contributed by atoms with Crippen LogP contribution in [-0.4, -0.2) is 41.3 Å². The maximum atomic E-state index is 12.5. The van der Waals surface area contributed by atoms with Crippen LogP contribution in [-0.2, 0) is 0 Å². The van der Waals surface area contributed by atoms with Gasteiger partial charge in [0.15, 0.2) is 0 Å². The van der Waals surface area contributed by atoms with Gasteiger partial charge in [0.25, 0.3) is 5.91 Å². The number of rotatable bonds is 7. The highest BCUT2D eigenvalue weighted by molar-refractivity contribution is 7.12. The van der Waals surface area contributed by atoms with Gasteiger partial charge in [-0.3, -0.25) is 20.2 Å². The molecule has 0 saturated carbocycles. The second kappa shape index (κ2) is 11.4. The summed E-state index contributed by atoms with van der Waals surface area (Å²) in [4.78, 5) is 24.2. The molecule has 1 aromatic carbocycles. The minimum absolute atomic E-state index is 0.0715. The molecule has 0 atom stereocenters. The lowest BCUT2D eigenvalue weighted by molar-refractivity contribution is 0.0775. The Labute approximate surface area is 206 Å². The normalized spacial score (nSPS) is 15.3. The van der Waals surface area contributed by atoms with E-state index >= 15 is 0 Å². The molecule has 4 rings (SSSR count). The van der Waals surface area contributed by atoms with Crippen molar-refractivity contribution < 1.29 is 4.79 Å². The molecule has 34 heavy (non-hydrogen) atoms. The van der Waals surface area contributed by atoms with Gasteiger partial charge in [0.1, 0.15) is 5.82 Å². The summed E-state index contributed by atoms with van der Waals surface area (Å²) in [6, 6.07) is 13.7. The second-order valence-electron chi connectivity index (χ2n) is 7.47. The van der Waals surface area contributed by atoms with Crippen molar-refractivity contribution in [2.45, 2.75) is 6.42 Å². The van der Waals surface area contributed by atoms with Crippen LogP contribution in [0.4, 0.5) is 0 Å². The van der Waals surface area contributed by atoms with E-state index in [0.29, 0.717) is 13.1 Å². The van der Waals surface area contributed by atoms with Crippen molar-refractivity contribution in [1.82, 2.24) is 15.3 Å². The van der Waals surface area contributed by atoms with E-state index in [1.165, 1.54) is 16.9 Å². The molecule has 1 aliphatic rings. The average Bonchev–Trinajstić information content (AvgIpc) is 3.42. The van der Waals surface area contributed by atoms with Crippen molar-refractivity contribution >= 4 is 57.8 Å². The number of aliphatic imine (C=N–C) groups is 1. The highest BCUT2D eigenvalue weighted by Gasteiger charge is 2.18. The molecule has 3 heterocycles. The topological polar surface area (TPSA) is 96.0 Å². The van der Waals surface area contributed by atoms with Crippen LogP contribution in [0, 0.1) is 0 Å². The van der Waals surface area contributed by atoms with Crippen LogP contribution < -0.4 is 11.2 Å². The van der Waals surface area contributed by atoms with Crippen LogP contribution in [0.5, 0.6) is 0 Å². The summed E-state index contributed by atoms with van der Waals surface area (Å²) in [5, 5.41) is 7.07. The molecule has 172 valence electrons. The Hall–Kier alpha value is -3.75. The first-order valence-electron chi connectivity index (χ1n) is 10.6. The van der Waals surface area contributed by atoms with Gasteiger partial charge in [-0.05, 0) is 35.6 Å². The zero-order chi connectivity index (χ0) is 23.8. The molecule has 0 unspecified atom stereocenters. The number of carbonyl (C=O) groups is 1. The third kappa shape index (κ3) is 5.98. The summed E-state index contributed by atoms with van der Waals surface area (Å²) in [6.07, 6.45) is 9.72. The van der Waals surface area contributed by atoms with Crippen LogP contribution in [0.15, 0.2) is 93.3 Å². The van der Waals surface area contributed by atoms with Crippen LogP contribution >= 0.6 is 22.9 Å². The molecule has 0 saturated heterocycles. The summed E-state index contributed by atoms with van der Waals surface area (Å²) in [5.74, 6) is 0.300.